The van der Waals surface area contributed by atoms with Gasteiger partial charge in [0.05, 0.1) is 0 Å². The van der Waals surface area contributed by atoms with Crippen LogP contribution in [0.25, 0.3) is 0 Å². The average Bonchev–Trinajstić information content (AvgIpc) is 1.81. The van der Waals surface area contributed by atoms with Crippen LogP contribution in [0.15, 0.2) is 12.2 Å². The Hall–Kier alpha value is -0.300. The van der Waals surface area contributed by atoms with Crippen molar-refractivity contribution in [2.45, 2.75) is 39.5 Å². The molecule has 0 amide bonds. The smallest absolute Gasteiger partial charge is 0.0351 e. The Bertz CT molecular complexity index is 57.6. The molecule has 0 rings (SSSR count). The lowest BCUT2D eigenvalue weighted by molar-refractivity contribution is 0.729. The van der Waals surface area contributed by atoms with Gasteiger partial charge in [-0.25, -0.2) is 0 Å². The Balaban J connectivity index is 0. The minimum atomic E-state index is 0. The Kier molecular flexibility index (Phi) is 13.6. The zero-order chi connectivity index (χ0) is 6.24. The van der Waals surface area contributed by atoms with Gasteiger partial charge in [0.15, 0.2) is 0 Å². The van der Waals surface area contributed by atoms with Crippen LogP contribution in [-0.4, -0.2) is 5.48 Å². The first-order chi connectivity index (χ1) is 3.91. The fourth-order valence-electron chi connectivity index (χ4n) is 0.679. The SMILES string of the molecule is C/C=C/CCCCC.O. The molecule has 0 aromatic heterocycles. The first-order valence-electron chi connectivity index (χ1n) is 3.53. The fraction of sp³-hybridized carbons (Fsp3) is 0.750. The number of unbranched alkanes of at least 4 members (excludes halogenated alkanes) is 3. The van der Waals surface area contributed by atoms with Gasteiger partial charge >= 0.3 is 0 Å². The largest absolute Gasteiger partial charge is 0.412 e. The first-order valence-corrected chi connectivity index (χ1v) is 3.53. The van der Waals surface area contributed by atoms with Crippen LogP contribution in [0.2, 0.25) is 0 Å². The summed E-state index contributed by atoms with van der Waals surface area (Å²) in [6.07, 6.45) is 9.69. The second kappa shape index (κ2) is 10.6. The standard InChI is InChI=1S/C8H16.H2O/c1-3-5-7-8-6-4-2;/h3,5H,4,6-8H2,1-2H3;1H2/b5-3+;. The molecule has 0 saturated carbocycles. The van der Waals surface area contributed by atoms with Crippen LogP contribution in [0.5, 0.6) is 0 Å². The molecular weight excluding hydrogens is 112 g/mol. The molecule has 0 bridgehead atoms. The fourth-order valence-corrected chi connectivity index (χ4v) is 0.679. The van der Waals surface area contributed by atoms with Crippen LogP contribution in [0.3, 0.4) is 0 Å². The van der Waals surface area contributed by atoms with Gasteiger partial charge in [-0.15, -0.1) is 0 Å². The van der Waals surface area contributed by atoms with Gasteiger partial charge in [-0.1, -0.05) is 31.9 Å². The van der Waals surface area contributed by atoms with Crippen molar-refractivity contribution < 1.29 is 5.48 Å². The van der Waals surface area contributed by atoms with E-state index in [0.717, 1.165) is 0 Å². The summed E-state index contributed by atoms with van der Waals surface area (Å²) >= 11 is 0. The lowest BCUT2D eigenvalue weighted by Gasteiger charge is -1.88. The topological polar surface area (TPSA) is 31.5 Å². The van der Waals surface area contributed by atoms with Crippen LogP contribution < -0.4 is 0 Å². The van der Waals surface area contributed by atoms with E-state index in [1.165, 1.54) is 25.7 Å². The van der Waals surface area contributed by atoms with E-state index < -0.39 is 0 Å². The summed E-state index contributed by atoms with van der Waals surface area (Å²) in [5.41, 5.74) is 0. The molecule has 1 heteroatoms. The first kappa shape index (κ1) is 11.5. The van der Waals surface area contributed by atoms with Crippen molar-refractivity contribution >= 4 is 0 Å². The van der Waals surface area contributed by atoms with E-state index in [4.69, 9.17) is 0 Å². The highest BCUT2D eigenvalue weighted by Gasteiger charge is 1.78. The van der Waals surface area contributed by atoms with Crippen LogP contribution >= 0.6 is 0 Å². The third kappa shape index (κ3) is 11.3. The number of hydrogen-bond acceptors (Lipinski definition) is 0. The molecular formula is C8H18O. The minimum Gasteiger partial charge on any atom is -0.412 e. The van der Waals surface area contributed by atoms with Crippen LogP contribution in [0.4, 0.5) is 0 Å². The molecule has 0 aliphatic carbocycles. The van der Waals surface area contributed by atoms with Crippen molar-refractivity contribution in [1.29, 1.82) is 0 Å². The van der Waals surface area contributed by atoms with E-state index in [-0.39, 0.29) is 5.48 Å². The number of rotatable bonds is 4. The Morgan fingerprint density at radius 3 is 2.33 bits per heavy atom. The molecule has 2 N–H and O–H groups in total. The van der Waals surface area contributed by atoms with Gasteiger partial charge in [-0.2, -0.15) is 0 Å². The normalized spacial score (nSPS) is 9.56. The Labute approximate surface area is 58.1 Å². The molecule has 0 unspecified atom stereocenters. The van der Waals surface area contributed by atoms with Gasteiger partial charge in [0.1, 0.15) is 0 Å². The maximum Gasteiger partial charge on any atom is -0.0351 e. The maximum atomic E-state index is 2.23. The molecule has 0 spiro atoms. The Morgan fingerprint density at radius 2 is 1.89 bits per heavy atom. The van der Waals surface area contributed by atoms with E-state index in [9.17, 15) is 0 Å². The summed E-state index contributed by atoms with van der Waals surface area (Å²) < 4.78 is 0. The predicted molar refractivity (Wildman–Crippen MR) is 42.6 cm³/mol. The monoisotopic (exact) mass is 130 g/mol. The number of hydrogen-bond donors (Lipinski definition) is 0. The molecule has 0 aromatic carbocycles. The van der Waals surface area contributed by atoms with E-state index in [0.29, 0.717) is 0 Å². The summed E-state index contributed by atoms with van der Waals surface area (Å²) in [5, 5.41) is 0. The van der Waals surface area contributed by atoms with E-state index in [1.807, 2.05) is 0 Å². The molecule has 0 aliphatic heterocycles. The third-order valence-corrected chi connectivity index (χ3v) is 1.21. The molecule has 0 radical (unpaired) electrons. The zero-order valence-electron chi connectivity index (χ0n) is 6.48. The summed E-state index contributed by atoms with van der Waals surface area (Å²) in [6, 6.07) is 0. The molecule has 1 nitrogen and oxygen atoms in total. The highest BCUT2D eigenvalue weighted by Crippen LogP contribution is 1.98. The van der Waals surface area contributed by atoms with Crippen LogP contribution in [0, 0.1) is 0 Å². The molecule has 0 aromatic rings. The lowest BCUT2D eigenvalue weighted by atomic mass is 10.2. The lowest BCUT2D eigenvalue weighted by Crippen LogP contribution is -1.68. The van der Waals surface area contributed by atoms with E-state index in [2.05, 4.69) is 26.0 Å². The maximum absolute atomic E-state index is 2.23. The van der Waals surface area contributed by atoms with Crippen molar-refractivity contribution in [2.24, 2.45) is 0 Å². The molecule has 0 heterocycles. The van der Waals surface area contributed by atoms with Crippen molar-refractivity contribution in [3.8, 4) is 0 Å². The van der Waals surface area contributed by atoms with Crippen LogP contribution in [0.1, 0.15) is 39.5 Å². The molecule has 56 valence electrons. The molecule has 0 saturated heterocycles. The van der Waals surface area contributed by atoms with Crippen molar-refractivity contribution in [2.75, 3.05) is 0 Å². The quantitative estimate of drug-likeness (QED) is 0.413. The van der Waals surface area contributed by atoms with Crippen molar-refractivity contribution in [1.82, 2.24) is 0 Å². The second-order valence-electron chi connectivity index (χ2n) is 2.06. The highest BCUT2D eigenvalue weighted by atomic mass is 16.0. The van der Waals surface area contributed by atoms with Gasteiger partial charge < -0.3 is 5.48 Å². The van der Waals surface area contributed by atoms with Crippen molar-refractivity contribution in [3.63, 3.8) is 0 Å². The summed E-state index contributed by atoms with van der Waals surface area (Å²) in [5.74, 6) is 0. The molecule has 9 heavy (non-hydrogen) atoms. The van der Waals surface area contributed by atoms with Gasteiger partial charge in [-0.3, -0.25) is 0 Å². The molecule has 0 fully saturated rings. The minimum absolute atomic E-state index is 0. The van der Waals surface area contributed by atoms with Gasteiger partial charge in [0.25, 0.3) is 0 Å². The predicted octanol–water partition coefficient (Wildman–Crippen LogP) is 2.32. The van der Waals surface area contributed by atoms with Crippen LogP contribution in [-0.2, 0) is 0 Å². The average molecular weight is 130 g/mol. The molecule has 0 atom stereocenters. The molecule has 0 aliphatic rings. The summed E-state index contributed by atoms with van der Waals surface area (Å²) in [7, 11) is 0. The zero-order valence-corrected chi connectivity index (χ0v) is 6.48. The Morgan fingerprint density at radius 1 is 1.22 bits per heavy atom. The second-order valence-corrected chi connectivity index (χ2v) is 2.06. The van der Waals surface area contributed by atoms with Gasteiger partial charge in [0, 0.05) is 0 Å². The summed E-state index contributed by atoms with van der Waals surface area (Å²) in [6.45, 7) is 4.31. The third-order valence-electron chi connectivity index (χ3n) is 1.21. The van der Waals surface area contributed by atoms with E-state index in [1.54, 1.807) is 0 Å². The van der Waals surface area contributed by atoms with Crippen molar-refractivity contribution in [3.05, 3.63) is 12.2 Å². The highest BCUT2D eigenvalue weighted by molar-refractivity contribution is 4.75. The summed E-state index contributed by atoms with van der Waals surface area (Å²) in [4.78, 5) is 0. The van der Waals surface area contributed by atoms with Gasteiger partial charge in [-0.05, 0) is 19.8 Å². The van der Waals surface area contributed by atoms with E-state index >= 15 is 0 Å². The van der Waals surface area contributed by atoms with Gasteiger partial charge in [0.2, 0.25) is 0 Å². The number of allylic oxidation sites excluding steroid dienone is 2.